The molecular formula is H4AlNO3. The molecule has 0 radical (unpaired) electrons. The van der Waals surface area contributed by atoms with Crippen LogP contribution in [0.3, 0.4) is 0 Å². The lowest BCUT2D eigenvalue weighted by atomic mass is 13.1. The second-order valence-corrected chi connectivity index (χ2v) is 0.224. The summed E-state index contributed by atoms with van der Waals surface area (Å²) in [4.78, 5) is 8.25. The van der Waals surface area contributed by atoms with Crippen LogP contribution in [0.25, 0.3) is 0 Å². The average molecular weight is 93.0 g/mol. The van der Waals surface area contributed by atoms with Gasteiger partial charge in [0.25, 0.3) is 0 Å². The smallest absolute Gasteiger partial charge is 0.356 e. The van der Waals surface area contributed by atoms with E-state index in [0.29, 0.717) is 0 Å². The van der Waals surface area contributed by atoms with Crippen molar-refractivity contribution >= 4 is 17.4 Å². The third-order valence-electron chi connectivity index (χ3n) is 0. The lowest BCUT2D eigenvalue weighted by Gasteiger charge is -1.74. The molecular weight excluding hydrogens is 89.0 g/mol. The van der Waals surface area contributed by atoms with Crippen LogP contribution in [0.15, 0.2) is 0 Å². The SMILES string of the molecule is O=[N+]([O-])[O-].[AlH3].[H+]. The van der Waals surface area contributed by atoms with Gasteiger partial charge >= 0.3 is 1.43 Å². The molecule has 0 aliphatic rings. The van der Waals surface area contributed by atoms with E-state index in [1.807, 2.05) is 0 Å². The Morgan fingerprint density at radius 2 is 1.60 bits per heavy atom. The molecule has 0 saturated heterocycles. The summed E-state index contributed by atoms with van der Waals surface area (Å²) in [5.41, 5.74) is 0. The van der Waals surface area contributed by atoms with Gasteiger partial charge in [-0.05, 0) is 0 Å². The van der Waals surface area contributed by atoms with Gasteiger partial charge in [-0.25, -0.2) is 0 Å². The Labute approximate surface area is 40.1 Å². The summed E-state index contributed by atoms with van der Waals surface area (Å²) < 4.78 is 0. The van der Waals surface area contributed by atoms with Crippen molar-refractivity contribution in [2.75, 3.05) is 0 Å². The van der Waals surface area contributed by atoms with Crippen molar-refractivity contribution in [3.63, 3.8) is 0 Å². The molecule has 0 spiro atoms. The van der Waals surface area contributed by atoms with Crippen LogP contribution in [-0.2, 0) is 0 Å². The highest BCUT2D eigenvalue weighted by Gasteiger charge is 1.45. The first-order chi connectivity index (χ1) is 1.73. The van der Waals surface area contributed by atoms with Crippen molar-refractivity contribution in [2.45, 2.75) is 0 Å². The summed E-state index contributed by atoms with van der Waals surface area (Å²) in [7, 11) is 0. The van der Waals surface area contributed by atoms with Crippen LogP contribution in [0.2, 0.25) is 0 Å². The second kappa shape index (κ2) is 3.73. The molecule has 0 amide bonds. The third kappa shape index (κ3) is 157. The van der Waals surface area contributed by atoms with E-state index in [-0.39, 0.29) is 18.8 Å². The lowest BCUT2D eigenvalue weighted by Crippen LogP contribution is -1.74. The van der Waals surface area contributed by atoms with Crippen LogP contribution in [-0.4, -0.2) is 22.4 Å². The zero-order valence-corrected chi connectivity index (χ0v) is 1.67. The minimum Gasteiger partial charge on any atom is -0.356 e. The topological polar surface area (TPSA) is 66.2 Å². The molecule has 0 rings (SSSR count). The fourth-order valence-corrected chi connectivity index (χ4v) is 0. The number of hydrogen-bond donors (Lipinski definition) is 0. The van der Waals surface area contributed by atoms with Gasteiger partial charge in [0.05, 0.1) is 5.09 Å². The maximum absolute atomic E-state index is 8.25. The number of nitrogens with zero attached hydrogens (tertiary/aromatic N) is 1. The summed E-state index contributed by atoms with van der Waals surface area (Å²) in [6.07, 6.45) is 0. The molecule has 5 heteroatoms. The van der Waals surface area contributed by atoms with E-state index in [1.54, 1.807) is 0 Å². The van der Waals surface area contributed by atoms with E-state index >= 15 is 0 Å². The van der Waals surface area contributed by atoms with Crippen molar-refractivity contribution in [2.24, 2.45) is 0 Å². The van der Waals surface area contributed by atoms with Crippen molar-refractivity contribution in [1.29, 1.82) is 0 Å². The van der Waals surface area contributed by atoms with Crippen molar-refractivity contribution in [1.82, 2.24) is 0 Å². The van der Waals surface area contributed by atoms with Gasteiger partial charge in [0.2, 0.25) is 0 Å². The fraction of sp³-hybridized carbons (Fsp3) is 0. The summed E-state index contributed by atoms with van der Waals surface area (Å²) in [6, 6.07) is 0. The Morgan fingerprint density at radius 1 is 1.60 bits per heavy atom. The number of rotatable bonds is 0. The molecule has 0 aromatic rings. The average Bonchev–Trinajstić information content (AvgIpc) is 0.811. The molecule has 0 fully saturated rings. The molecule has 0 aromatic carbocycles. The zero-order valence-electron chi connectivity index (χ0n) is 2.67. The Balaban J connectivity index is -0.0000000450. The molecule has 0 aromatic heterocycles. The van der Waals surface area contributed by atoms with Crippen LogP contribution in [0.4, 0.5) is 0 Å². The molecule has 30 valence electrons. The third-order valence-corrected chi connectivity index (χ3v) is 0. The molecule has 5 heavy (non-hydrogen) atoms. The lowest BCUT2D eigenvalue weighted by molar-refractivity contribution is -0.402. The van der Waals surface area contributed by atoms with Gasteiger partial charge in [-0.3, -0.25) is 0 Å². The fourth-order valence-electron chi connectivity index (χ4n) is 0. The van der Waals surface area contributed by atoms with E-state index in [1.165, 1.54) is 0 Å². The molecule has 0 saturated carbocycles. The summed E-state index contributed by atoms with van der Waals surface area (Å²) in [5.74, 6) is 0. The zero-order chi connectivity index (χ0) is 3.58. The van der Waals surface area contributed by atoms with Crippen molar-refractivity contribution < 1.29 is 6.51 Å². The maximum atomic E-state index is 8.25. The summed E-state index contributed by atoms with van der Waals surface area (Å²) >= 11 is 0. The van der Waals surface area contributed by atoms with Crippen molar-refractivity contribution in [3.05, 3.63) is 15.3 Å². The first-order valence-electron chi connectivity index (χ1n) is 0.548. The minimum absolute atomic E-state index is 0. The second-order valence-electron chi connectivity index (χ2n) is 0.224. The van der Waals surface area contributed by atoms with Crippen LogP contribution in [0.1, 0.15) is 1.43 Å². The Morgan fingerprint density at radius 3 is 1.60 bits per heavy atom. The van der Waals surface area contributed by atoms with Crippen LogP contribution in [0.5, 0.6) is 0 Å². The predicted octanol–water partition coefficient (Wildman–Crippen LogP) is -1.31. The number of hydrogen-bond acceptors (Lipinski definition) is 3. The normalized spacial score (nSPS) is 4.80. The van der Waals surface area contributed by atoms with Gasteiger partial charge in [0, 0.05) is 0 Å². The van der Waals surface area contributed by atoms with Gasteiger partial charge in [-0.15, -0.1) is 0 Å². The summed E-state index contributed by atoms with van der Waals surface area (Å²) in [6.45, 7) is 0. The summed E-state index contributed by atoms with van der Waals surface area (Å²) in [5, 5.41) is 14.8. The minimum atomic E-state index is -1.75. The van der Waals surface area contributed by atoms with Gasteiger partial charge in [-0.1, -0.05) is 0 Å². The molecule has 0 atom stereocenters. The maximum Gasteiger partial charge on any atom is 1.00 e. The molecule has 0 aliphatic heterocycles. The monoisotopic (exact) mass is 93.0 g/mol. The van der Waals surface area contributed by atoms with Crippen molar-refractivity contribution in [3.8, 4) is 0 Å². The van der Waals surface area contributed by atoms with Gasteiger partial charge < -0.3 is 15.3 Å². The quantitative estimate of drug-likeness (QED) is 0.212. The first kappa shape index (κ1) is 8.83. The molecule has 0 unspecified atom stereocenters. The van der Waals surface area contributed by atoms with Crippen LogP contribution >= 0.6 is 0 Å². The molecule has 0 aliphatic carbocycles. The predicted molar refractivity (Wildman–Crippen MR) is 21.4 cm³/mol. The van der Waals surface area contributed by atoms with E-state index in [2.05, 4.69) is 0 Å². The van der Waals surface area contributed by atoms with E-state index < -0.39 is 5.09 Å². The van der Waals surface area contributed by atoms with E-state index in [9.17, 15) is 0 Å². The standard InChI is InChI=1S/Al.NO3.3H/c;2-1(3)4;;;/q;-1;;;/p+1. The van der Waals surface area contributed by atoms with Gasteiger partial charge in [0.1, 0.15) is 0 Å². The Kier molecular flexibility index (Phi) is 6.59. The van der Waals surface area contributed by atoms with E-state index in [4.69, 9.17) is 15.3 Å². The molecule has 0 bridgehead atoms. The highest BCUT2D eigenvalue weighted by molar-refractivity contribution is 5.75. The van der Waals surface area contributed by atoms with Crippen LogP contribution in [0, 0.1) is 15.3 Å². The van der Waals surface area contributed by atoms with E-state index in [0.717, 1.165) is 0 Å². The molecule has 4 nitrogen and oxygen atoms in total. The molecule has 0 N–H and O–H groups in total. The van der Waals surface area contributed by atoms with Crippen LogP contribution < -0.4 is 0 Å². The Bertz CT molecular complexity index is 33.8. The van der Waals surface area contributed by atoms with Gasteiger partial charge in [0.15, 0.2) is 17.4 Å². The Hall–Kier alpha value is -0.268. The largest absolute Gasteiger partial charge is 1.00 e. The highest BCUT2D eigenvalue weighted by atomic mass is 27.0. The molecule has 0 heterocycles. The van der Waals surface area contributed by atoms with Gasteiger partial charge in [-0.2, -0.15) is 0 Å². The highest BCUT2D eigenvalue weighted by Crippen LogP contribution is 1.44. The first-order valence-corrected chi connectivity index (χ1v) is 0.548.